The molecule has 0 saturated heterocycles. The number of rotatable bonds is 5. The van der Waals surface area contributed by atoms with Crippen LogP contribution in [0.15, 0.2) is 46.9 Å². The zero-order valence-corrected chi connectivity index (χ0v) is 16.7. The van der Waals surface area contributed by atoms with Gasteiger partial charge in [-0.25, -0.2) is 8.42 Å². The van der Waals surface area contributed by atoms with E-state index in [9.17, 15) is 26.4 Å². The Morgan fingerprint density at radius 1 is 1.15 bits per heavy atom. The first kappa shape index (κ1) is 21.2. The highest BCUT2D eigenvalue weighted by Crippen LogP contribution is 2.30. The highest BCUT2D eigenvalue weighted by molar-refractivity contribution is 9.10. The Balaban J connectivity index is 2.18. The molecule has 2 aromatic carbocycles. The first-order valence-electron chi connectivity index (χ1n) is 7.59. The minimum atomic E-state index is -4.48. The lowest BCUT2D eigenvalue weighted by molar-refractivity contribution is -0.137. The van der Waals surface area contributed by atoms with Crippen LogP contribution in [0, 0.1) is 6.92 Å². The van der Waals surface area contributed by atoms with Crippen LogP contribution >= 0.6 is 15.9 Å². The molecule has 146 valence electrons. The summed E-state index contributed by atoms with van der Waals surface area (Å²) < 4.78 is 63.6. The van der Waals surface area contributed by atoms with Crippen LogP contribution < -0.4 is 9.62 Å². The van der Waals surface area contributed by atoms with Gasteiger partial charge in [0, 0.05) is 10.2 Å². The second-order valence-electron chi connectivity index (χ2n) is 5.83. The summed E-state index contributed by atoms with van der Waals surface area (Å²) in [5.41, 5.74) is 0.377. The molecular formula is C17H16BrF3N2O3S. The molecule has 0 atom stereocenters. The van der Waals surface area contributed by atoms with Gasteiger partial charge in [-0.1, -0.05) is 15.9 Å². The fourth-order valence-electron chi connectivity index (χ4n) is 2.26. The van der Waals surface area contributed by atoms with Crippen molar-refractivity contribution in [3.8, 4) is 0 Å². The number of hydrogen-bond donors (Lipinski definition) is 1. The quantitative estimate of drug-likeness (QED) is 0.721. The lowest BCUT2D eigenvalue weighted by atomic mass is 10.2. The molecule has 0 spiro atoms. The fourth-order valence-corrected chi connectivity index (χ4v) is 3.35. The lowest BCUT2D eigenvalue weighted by Crippen LogP contribution is -2.37. The van der Waals surface area contributed by atoms with Crippen LogP contribution in [-0.4, -0.2) is 27.1 Å². The number of alkyl halides is 3. The summed E-state index contributed by atoms with van der Waals surface area (Å²) in [4.78, 5) is 12.2. The summed E-state index contributed by atoms with van der Waals surface area (Å²) in [6.45, 7) is 1.26. The monoisotopic (exact) mass is 464 g/mol. The van der Waals surface area contributed by atoms with E-state index in [4.69, 9.17) is 0 Å². The van der Waals surface area contributed by atoms with Gasteiger partial charge in [0.05, 0.1) is 17.5 Å². The number of amides is 1. The van der Waals surface area contributed by atoms with Crippen molar-refractivity contribution in [2.45, 2.75) is 13.1 Å². The van der Waals surface area contributed by atoms with Crippen molar-refractivity contribution < 1.29 is 26.4 Å². The van der Waals surface area contributed by atoms with Crippen LogP contribution in [0.4, 0.5) is 24.5 Å². The lowest BCUT2D eigenvalue weighted by Gasteiger charge is -2.22. The van der Waals surface area contributed by atoms with Crippen molar-refractivity contribution in [1.29, 1.82) is 0 Å². The number of nitrogens with one attached hydrogen (secondary N) is 1. The van der Waals surface area contributed by atoms with Crippen LogP contribution in [-0.2, 0) is 21.0 Å². The molecule has 0 aliphatic carbocycles. The van der Waals surface area contributed by atoms with Gasteiger partial charge in [-0.15, -0.1) is 0 Å². The van der Waals surface area contributed by atoms with Crippen LogP contribution in [0.25, 0.3) is 0 Å². The molecule has 1 N–H and O–H groups in total. The number of nitrogens with zero attached hydrogens (tertiary/aromatic N) is 1. The van der Waals surface area contributed by atoms with Gasteiger partial charge in [0.25, 0.3) is 0 Å². The van der Waals surface area contributed by atoms with E-state index in [1.54, 1.807) is 25.1 Å². The molecule has 0 unspecified atom stereocenters. The van der Waals surface area contributed by atoms with E-state index in [0.29, 0.717) is 5.69 Å². The predicted octanol–water partition coefficient (Wildman–Crippen LogP) is 4.18. The second kappa shape index (κ2) is 7.89. The Kier molecular flexibility index (Phi) is 6.21. The molecule has 0 fully saturated rings. The van der Waals surface area contributed by atoms with E-state index in [0.717, 1.165) is 44.9 Å². The van der Waals surface area contributed by atoms with Gasteiger partial charge in [-0.2, -0.15) is 13.2 Å². The molecule has 0 aliphatic heterocycles. The molecule has 0 aromatic heterocycles. The molecular weight excluding hydrogens is 449 g/mol. The van der Waals surface area contributed by atoms with Crippen LogP contribution in [0.2, 0.25) is 0 Å². The molecule has 1 amide bonds. The van der Waals surface area contributed by atoms with Crippen LogP contribution in [0.5, 0.6) is 0 Å². The zero-order chi connectivity index (χ0) is 20.4. The Morgan fingerprint density at radius 2 is 1.74 bits per heavy atom. The van der Waals surface area contributed by atoms with Crippen molar-refractivity contribution >= 4 is 43.2 Å². The largest absolute Gasteiger partial charge is 0.416 e. The number of carbonyl (C=O) groups excluding carboxylic acids is 1. The molecule has 27 heavy (non-hydrogen) atoms. The fraction of sp³-hybridized carbons (Fsp3) is 0.235. The number of halogens is 4. The number of anilines is 2. The molecule has 0 aliphatic rings. The minimum Gasteiger partial charge on any atom is -0.325 e. The minimum absolute atomic E-state index is 0.133. The van der Waals surface area contributed by atoms with Gasteiger partial charge < -0.3 is 5.32 Å². The standard InChI is InChI=1S/C17H16BrF3N2O3S/c1-11-9-14(7-8-15(11)18)23(27(2,25)26)10-16(24)22-13-5-3-12(4-6-13)17(19,20)21/h3-9H,10H2,1-2H3,(H,22,24). The number of hydrogen-bond acceptors (Lipinski definition) is 3. The molecule has 0 heterocycles. The van der Waals surface area contributed by atoms with Gasteiger partial charge >= 0.3 is 6.18 Å². The van der Waals surface area contributed by atoms with E-state index < -0.39 is 34.2 Å². The van der Waals surface area contributed by atoms with Gasteiger partial charge in [0.2, 0.25) is 15.9 Å². The van der Waals surface area contributed by atoms with E-state index in [2.05, 4.69) is 21.2 Å². The Bertz CT molecular complexity index is 945. The van der Waals surface area contributed by atoms with E-state index in [1.165, 1.54) is 0 Å². The summed E-state index contributed by atoms with van der Waals surface area (Å²) in [7, 11) is -3.75. The number of sulfonamides is 1. The SMILES string of the molecule is Cc1cc(N(CC(=O)Nc2ccc(C(F)(F)F)cc2)S(C)(=O)=O)ccc1Br. The van der Waals surface area contributed by atoms with Gasteiger partial charge in [0.1, 0.15) is 6.54 Å². The Labute approximate surface area is 163 Å². The molecule has 2 rings (SSSR count). The predicted molar refractivity (Wildman–Crippen MR) is 101 cm³/mol. The summed E-state index contributed by atoms with van der Waals surface area (Å²) in [5, 5.41) is 2.40. The third-order valence-corrected chi connectivity index (χ3v) is 5.64. The van der Waals surface area contributed by atoms with E-state index in [1.807, 2.05) is 0 Å². The van der Waals surface area contributed by atoms with Crippen LogP contribution in [0.1, 0.15) is 11.1 Å². The zero-order valence-electron chi connectivity index (χ0n) is 14.3. The first-order chi connectivity index (χ1) is 12.4. The number of carbonyl (C=O) groups is 1. The number of aryl methyl sites for hydroxylation is 1. The highest BCUT2D eigenvalue weighted by Gasteiger charge is 2.30. The third kappa shape index (κ3) is 5.70. The van der Waals surface area contributed by atoms with Gasteiger partial charge in [0.15, 0.2) is 0 Å². The maximum Gasteiger partial charge on any atom is 0.416 e. The summed E-state index contributed by atoms with van der Waals surface area (Å²) in [6, 6.07) is 8.70. The van der Waals surface area contributed by atoms with E-state index in [-0.39, 0.29) is 5.69 Å². The molecule has 10 heteroatoms. The van der Waals surface area contributed by atoms with Gasteiger partial charge in [-0.3, -0.25) is 9.10 Å². The molecule has 0 radical (unpaired) electrons. The van der Waals surface area contributed by atoms with Crippen molar-refractivity contribution in [2.24, 2.45) is 0 Å². The van der Waals surface area contributed by atoms with Gasteiger partial charge in [-0.05, 0) is 55.0 Å². The summed E-state index contributed by atoms with van der Waals surface area (Å²) in [5.74, 6) is -0.680. The molecule has 2 aromatic rings. The van der Waals surface area contributed by atoms with Crippen molar-refractivity contribution in [2.75, 3.05) is 22.4 Å². The molecule has 5 nitrogen and oxygen atoms in total. The Morgan fingerprint density at radius 3 is 2.22 bits per heavy atom. The second-order valence-corrected chi connectivity index (χ2v) is 8.59. The average Bonchev–Trinajstić information content (AvgIpc) is 2.54. The Hall–Kier alpha value is -2.07. The first-order valence-corrected chi connectivity index (χ1v) is 10.2. The molecule has 0 saturated carbocycles. The maximum atomic E-state index is 12.6. The van der Waals surface area contributed by atoms with Crippen molar-refractivity contribution in [3.05, 3.63) is 58.1 Å². The van der Waals surface area contributed by atoms with Crippen LogP contribution in [0.3, 0.4) is 0 Å². The maximum absolute atomic E-state index is 12.6. The third-order valence-electron chi connectivity index (χ3n) is 3.61. The van der Waals surface area contributed by atoms with Crippen molar-refractivity contribution in [3.63, 3.8) is 0 Å². The number of benzene rings is 2. The molecule has 0 bridgehead atoms. The van der Waals surface area contributed by atoms with E-state index >= 15 is 0 Å². The van der Waals surface area contributed by atoms with Crippen molar-refractivity contribution in [1.82, 2.24) is 0 Å². The topological polar surface area (TPSA) is 66.5 Å². The normalized spacial score (nSPS) is 11.9. The highest BCUT2D eigenvalue weighted by atomic mass is 79.9. The summed E-state index contributed by atoms with van der Waals surface area (Å²) in [6.07, 6.45) is -3.51. The smallest absolute Gasteiger partial charge is 0.325 e. The summed E-state index contributed by atoms with van der Waals surface area (Å²) >= 11 is 3.32. The average molecular weight is 465 g/mol.